The van der Waals surface area contributed by atoms with Crippen LogP contribution in [0.2, 0.25) is 0 Å². The maximum atomic E-state index is 14.5. The minimum absolute atomic E-state index is 0.00941. The van der Waals surface area contributed by atoms with Gasteiger partial charge in [-0.15, -0.1) is 0 Å². The molecule has 0 aliphatic carbocycles. The van der Waals surface area contributed by atoms with Crippen molar-refractivity contribution in [2.45, 2.75) is 149 Å². The van der Waals surface area contributed by atoms with Crippen LogP contribution in [0.1, 0.15) is 106 Å². The quantitative estimate of drug-likeness (QED) is 0.0331. The van der Waals surface area contributed by atoms with Gasteiger partial charge in [0.05, 0.1) is 24.0 Å². The van der Waals surface area contributed by atoms with Gasteiger partial charge in [-0.2, -0.15) is 0 Å². The zero-order valence-corrected chi connectivity index (χ0v) is 45.1. The Balaban J connectivity index is 2.79. The number of methoxy groups -OCH3 is 1. The summed E-state index contributed by atoms with van der Waals surface area (Å²) in [6, 6.07) is 1.03. The fourth-order valence-corrected chi connectivity index (χ4v) is 8.13. The van der Waals surface area contributed by atoms with Crippen molar-refractivity contribution >= 4 is 59.2 Å². The van der Waals surface area contributed by atoms with Crippen LogP contribution in [-0.4, -0.2) is 137 Å². The summed E-state index contributed by atoms with van der Waals surface area (Å²) in [6.07, 6.45) is 5.33. The number of nitrogens with one attached hydrogen (secondary N) is 6. The first-order valence-electron chi connectivity index (χ1n) is 25.4. The highest BCUT2D eigenvalue weighted by Crippen LogP contribution is 2.20. The van der Waals surface area contributed by atoms with Crippen molar-refractivity contribution < 1.29 is 58.1 Å². The van der Waals surface area contributed by atoms with E-state index >= 15 is 0 Å². The fourth-order valence-electron chi connectivity index (χ4n) is 8.13. The van der Waals surface area contributed by atoms with Gasteiger partial charge in [0.25, 0.3) is 5.91 Å². The minimum atomic E-state index is -1.89. The van der Waals surface area contributed by atoms with Crippen molar-refractivity contribution in [2.75, 3.05) is 20.7 Å². The molecular weight excluding hydrogens is 969 g/mol. The van der Waals surface area contributed by atoms with E-state index in [0.717, 1.165) is 10.5 Å². The average molecular weight is 1050 g/mol. The van der Waals surface area contributed by atoms with Crippen molar-refractivity contribution in [1.29, 1.82) is 0 Å². The first kappa shape index (κ1) is 64.0. The lowest BCUT2D eigenvalue weighted by Crippen LogP contribution is -2.59. The number of allylic oxidation sites excluding steroid dienone is 2. The number of rotatable bonds is 18. The Morgan fingerprint density at radius 3 is 1.99 bits per heavy atom. The van der Waals surface area contributed by atoms with E-state index < -0.39 is 120 Å². The van der Waals surface area contributed by atoms with Crippen LogP contribution in [-0.2, 0) is 54.3 Å². The summed E-state index contributed by atoms with van der Waals surface area (Å²) in [4.78, 5) is 128. The molecule has 1 saturated heterocycles. The molecule has 22 nitrogen and oxygen atoms in total. The van der Waals surface area contributed by atoms with Gasteiger partial charge >= 0.3 is 11.9 Å². The van der Waals surface area contributed by atoms with E-state index in [4.69, 9.17) is 16.2 Å². The molecule has 0 unspecified atom stereocenters. The summed E-state index contributed by atoms with van der Waals surface area (Å²) < 4.78 is 5.83. The maximum absolute atomic E-state index is 14.5. The summed E-state index contributed by atoms with van der Waals surface area (Å²) in [5.74, 6) is -12.6. The zero-order valence-electron chi connectivity index (χ0n) is 45.1. The number of aliphatic imine (C=N–C) groups is 1. The minimum Gasteiger partial charge on any atom is -0.480 e. The first-order valence-corrected chi connectivity index (χ1v) is 25.4. The molecule has 0 spiro atoms. The number of aliphatic carboxylic acids is 2. The Bertz CT molecular complexity index is 2250. The van der Waals surface area contributed by atoms with Crippen molar-refractivity contribution in [1.82, 2.24) is 36.8 Å². The van der Waals surface area contributed by atoms with Gasteiger partial charge in [-0.25, -0.2) is 9.59 Å². The van der Waals surface area contributed by atoms with Gasteiger partial charge < -0.3 is 63.2 Å². The molecule has 12 N–H and O–H groups in total. The van der Waals surface area contributed by atoms with Gasteiger partial charge in [0.2, 0.25) is 35.4 Å². The smallest absolute Gasteiger partial charge is 0.327 e. The summed E-state index contributed by atoms with van der Waals surface area (Å²) in [6.45, 7) is 17.5. The number of nitrogens with two attached hydrogens (primary N) is 2. The van der Waals surface area contributed by atoms with Crippen molar-refractivity contribution in [3.05, 3.63) is 72.0 Å². The van der Waals surface area contributed by atoms with E-state index in [2.05, 4.69) is 43.5 Å². The Morgan fingerprint density at radius 2 is 1.41 bits per heavy atom. The number of benzene rings is 1. The highest BCUT2D eigenvalue weighted by atomic mass is 16.5. The molecule has 0 saturated carbocycles. The van der Waals surface area contributed by atoms with E-state index in [1.807, 2.05) is 57.2 Å². The molecule has 1 aliphatic heterocycles. The predicted molar refractivity (Wildman–Crippen MR) is 283 cm³/mol. The lowest BCUT2D eigenvalue weighted by Gasteiger charge is -2.29. The van der Waals surface area contributed by atoms with Crippen molar-refractivity contribution in [3.63, 3.8) is 0 Å². The number of carbonyl (C=O) groups excluding carboxylic acids is 7. The predicted octanol–water partition coefficient (Wildman–Crippen LogP) is 2.03. The fraction of sp³-hybridized carbons (Fsp3) is 0.585. The monoisotopic (exact) mass is 1050 g/mol. The molecule has 7 amide bonds. The van der Waals surface area contributed by atoms with Crippen molar-refractivity contribution in [3.8, 4) is 0 Å². The second-order valence-electron chi connectivity index (χ2n) is 19.8. The molecule has 1 heterocycles. The summed E-state index contributed by atoms with van der Waals surface area (Å²) >= 11 is 0. The Kier molecular flexibility index (Phi) is 27.0. The average Bonchev–Trinajstić information content (AvgIpc) is 3.35. The third kappa shape index (κ3) is 21.7. The summed E-state index contributed by atoms with van der Waals surface area (Å²) in [7, 11) is 2.85. The maximum Gasteiger partial charge on any atom is 0.327 e. The number of hydrogen-bond acceptors (Lipinski definition) is 11. The lowest BCUT2D eigenvalue weighted by molar-refractivity contribution is -0.146. The van der Waals surface area contributed by atoms with Crippen LogP contribution in [0.25, 0.3) is 0 Å². The highest BCUT2D eigenvalue weighted by molar-refractivity contribution is 6.00. The standard InChI is InChI=1S/C53H82N10O12/c1-12-30(4)27-41-49(69)61-40(25-29(2)3)50(70)62-44(52(73)74)34(8)46(66)58-38(19-16-24-56-53(54)55)48(68)57-37(21-20-31(5)26-32(6)42(75-11)28-36-17-14-13-15-18-36)33(7)45(65)59-39(51(71)72)22-23-43(64)63(10)35(9)47(67)60-41/h13-15,17-18,20-21,26,29-30,32-34,37-42,44H,9,12,16,19,22-25,27-28H2,1-8,10-11H3,(H,57,68)(H,58,66)(H,59,65)(H,60,67)(H,61,69)(H,62,70)(H,71,72)(H,73,74)(H4,54,55,56)/b21-20+,31-26+/t30-,32-,33-,34-,37-,38-,39+,40-,41+,42-,44+/m0/s1. The van der Waals surface area contributed by atoms with E-state index in [-0.39, 0.29) is 62.0 Å². The SMILES string of the molecule is C=C1C(=O)N[C@H](C[C@@H](C)CC)C(=O)N[C@@H](CC(C)C)C(=O)N[C@@H](C(=O)O)[C@H](C)C(=O)N[C@@H](CCCN=C(N)N)C(=O)N[C@@H](/C=C/C(C)=C/[C@H](C)[C@H](Cc2ccccc2)OC)[C@H](C)C(=O)N[C@@H](C(=O)O)CCC(=O)N1C. The van der Waals surface area contributed by atoms with Gasteiger partial charge in [-0.05, 0) is 62.8 Å². The molecule has 1 aromatic carbocycles. The normalized spacial score (nSPS) is 25.1. The summed E-state index contributed by atoms with van der Waals surface area (Å²) in [5.41, 5.74) is 12.4. The van der Waals surface area contributed by atoms with Crippen LogP contribution in [0.3, 0.4) is 0 Å². The van der Waals surface area contributed by atoms with Crippen LogP contribution in [0.15, 0.2) is 71.4 Å². The number of carbonyl (C=O) groups is 9. The lowest BCUT2D eigenvalue weighted by atomic mass is 9.94. The second kappa shape index (κ2) is 31.6. The third-order valence-electron chi connectivity index (χ3n) is 13.2. The second-order valence-corrected chi connectivity index (χ2v) is 19.8. The number of carboxylic acids is 2. The first-order chi connectivity index (χ1) is 35.2. The zero-order chi connectivity index (χ0) is 56.7. The molecule has 416 valence electrons. The van der Waals surface area contributed by atoms with E-state index in [1.54, 1.807) is 34.0 Å². The summed E-state index contributed by atoms with van der Waals surface area (Å²) in [5, 5.41) is 36.2. The molecule has 0 bridgehead atoms. The van der Waals surface area contributed by atoms with Gasteiger partial charge in [0.15, 0.2) is 5.96 Å². The number of hydrogen-bond donors (Lipinski definition) is 10. The van der Waals surface area contributed by atoms with E-state index in [0.29, 0.717) is 18.4 Å². The molecule has 1 aliphatic rings. The molecule has 1 fully saturated rings. The highest BCUT2D eigenvalue weighted by Gasteiger charge is 2.38. The number of nitrogens with zero attached hydrogens (tertiary/aromatic N) is 2. The molecule has 1 aromatic rings. The largest absolute Gasteiger partial charge is 0.480 e. The molecule has 11 atom stereocenters. The van der Waals surface area contributed by atoms with Gasteiger partial charge in [-0.1, -0.05) is 116 Å². The number of guanidine groups is 1. The Hall–Kier alpha value is -7.10. The van der Waals surface area contributed by atoms with Crippen molar-refractivity contribution in [2.24, 2.45) is 46.0 Å². The number of likely N-dealkylation sites (N-methyl/N-ethyl adjacent to an activating group) is 1. The van der Waals surface area contributed by atoms with Crippen LogP contribution >= 0.6 is 0 Å². The molecular formula is C53H82N10O12. The molecule has 22 heteroatoms. The van der Waals surface area contributed by atoms with Crippen LogP contribution in [0.4, 0.5) is 0 Å². The van der Waals surface area contributed by atoms with Crippen LogP contribution in [0.5, 0.6) is 0 Å². The molecule has 0 radical (unpaired) electrons. The molecule has 0 aromatic heterocycles. The van der Waals surface area contributed by atoms with E-state index in [9.17, 15) is 53.4 Å². The third-order valence-corrected chi connectivity index (χ3v) is 13.2. The van der Waals surface area contributed by atoms with Crippen LogP contribution < -0.4 is 43.4 Å². The van der Waals surface area contributed by atoms with Gasteiger partial charge in [-0.3, -0.25) is 38.6 Å². The Morgan fingerprint density at radius 1 is 0.827 bits per heavy atom. The van der Waals surface area contributed by atoms with Crippen LogP contribution in [0, 0.1) is 29.6 Å². The molecule has 75 heavy (non-hydrogen) atoms. The van der Waals surface area contributed by atoms with E-state index in [1.165, 1.54) is 27.0 Å². The number of amides is 7. The molecule has 2 rings (SSSR count). The van der Waals surface area contributed by atoms with Gasteiger partial charge in [0.1, 0.15) is 35.9 Å². The topological polar surface area (TPSA) is 343 Å². The van der Waals surface area contributed by atoms with Gasteiger partial charge in [0, 0.05) is 33.0 Å². The number of carboxylic acid groups (broad SMARTS) is 2. The Labute approximate surface area is 440 Å². The number of ether oxygens (including phenoxy) is 1.